The Hall–Kier alpha value is -0.910. The molecule has 0 amide bonds. The Morgan fingerprint density at radius 2 is 2.28 bits per heavy atom. The largest absolute Gasteiger partial charge is 0.337 e. The summed E-state index contributed by atoms with van der Waals surface area (Å²) >= 11 is 0. The molecule has 1 N–H and O–H groups in total. The van der Waals surface area contributed by atoms with Crippen LogP contribution in [0.5, 0.6) is 0 Å². The smallest absolute Gasteiger partial charge is 0.122 e. The second-order valence-electron chi connectivity index (χ2n) is 5.14. The molecule has 5 nitrogen and oxygen atoms in total. The van der Waals surface area contributed by atoms with E-state index in [1.54, 1.807) is 0 Å². The molecule has 0 aliphatic carbocycles. The van der Waals surface area contributed by atoms with E-state index in [0.717, 1.165) is 32.0 Å². The SMILES string of the molecule is CN(CCN1CCCNCC1)Cc1nccn1C. The van der Waals surface area contributed by atoms with Gasteiger partial charge in [-0.2, -0.15) is 0 Å². The minimum Gasteiger partial charge on any atom is -0.337 e. The molecule has 0 atom stereocenters. The molecule has 2 rings (SSSR count). The second-order valence-corrected chi connectivity index (χ2v) is 5.14. The van der Waals surface area contributed by atoms with Gasteiger partial charge in [0.15, 0.2) is 0 Å². The maximum absolute atomic E-state index is 4.36. The third kappa shape index (κ3) is 4.08. The van der Waals surface area contributed by atoms with Crippen LogP contribution in [0.3, 0.4) is 0 Å². The molecule has 0 unspecified atom stereocenters. The van der Waals surface area contributed by atoms with Crippen molar-refractivity contribution in [3.63, 3.8) is 0 Å². The molecule has 5 heteroatoms. The van der Waals surface area contributed by atoms with Crippen LogP contribution in [-0.2, 0) is 13.6 Å². The first-order valence-electron chi connectivity index (χ1n) is 6.83. The second kappa shape index (κ2) is 6.87. The maximum Gasteiger partial charge on any atom is 0.122 e. The zero-order valence-corrected chi connectivity index (χ0v) is 11.6. The number of imidazole rings is 1. The fourth-order valence-electron chi connectivity index (χ4n) is 2.31. The van der Waals surface area contributed by atoms with E-state index < -0.39 is 0 Å². The molecule has 0 bridgehead atoms. The van der Waals surface area contributed by atoms with Crippen molar-refractivity contribution in [2.24, 2.45) is 7.05 Å². The summed E-state index contributed by atoms with van der Waals surface area (Å²) in [5.74, 6) is 1.13. The van der Waals surface area contributed by atoms with Crippen LogP contribution < -0.4 is 5.32 Å². The average molecular weight is 251 g/mol. The molecule has 0 aromatic carbocycles. The van der Waals surface area contributed by atoms with Crippen LogP contribution in [0, 0.1) is 0 Å². The molecular formula is C13H25N5. The number of hydrogen-bond donors (Lipinski definition) is 1. The maximum atomic E-state index is 4.36. The van der Waals surface area contributed by atoms with Crippen LogP contribution in [0.15, 0.2) is 12.4 Å². The standard InChI is InChI=1S/C13H25N5/c1-16(12-13-15-6-8-17(13)2)10-11-18-7-3-4-14-5-9-18/h6,8,14H,3-5,7,9-12H2,1-2H3. The zero-order chi connectivity index (χ0) is 12.8. The van der Waals surface area contributed by atoms with E-state index in [4.69, 9.17) is 0 Å². The van der Waals surface area contributed by atoms with Gasteiger partial charge in [0.25, 0.3) is 0 Å². The molecule has 1 fully saturated rings. The number of hydrogen-bond acceptors (Lipinski definition) is 4. The third-order valence-electron chi connectivity index (χ3n) is 3.56. The zero-order valence-electron chi connectivity index (χ0n) is 11.6. The van der Waals surface area contributed by atoms with Gasteiger partial charge in [0.1, 0.15) is 5.82 Å². The van der Waals surface area contributed by atoms with Crippen molar-refractivity contribution in [3.8, 4) is 0 Å². The molecule has 0 spiro atoms. The Morgan fingerprint density at radius 3 is 3.06 bits per heavy atom. The summed E-state index contributed by atoms with van der Waals surface area (Å²) in [6.45, 7) is 7.88. The quantitative estimate of drug-likeness (QED) is 0.808. The van der Waals surface area contributed by atoms with Crippen LogP contribution in [0.25, 0.3) is 0 Å². The van der Waals surface area contributed by atoms with Gasteiger partial charge in [-0.25, -0.2) is 4.98 Å². The fraction of sp³-hybridized carbons (Fsp3) is 0.769. The first-order valence-corrected chi connectivity index (χ1v) is 6.83. The van der Waals surface area contributed by atoms with Crippen molar-refractivity contribution in [1.29, 1.82) is 0 Å². The van der Waals surface area contributed by atoms with E-state index in [1.807, 2.05) is 12.4 Å². The van der Waals surface area contributed by atoms with Crippen LogP contribution in [0.2, 0.25) is 0 Å². The van der Waals surface area contributed by atoms with Crippen LogP contribution in [-0.4, -0.2) is 65.7 Å². The number of rotatable bonds is 5. The molecule has 1 saturated heterocycles. The van der Waals surface area contributed by atoms with E-state index >= 15 is 0 Å². The van der Waals surface area contributed by atoms with Crippen molar-refractivity contribution in [3.05, 3.63) is 18.2 Å². The molecule has 1 aliphatic rings. The lowest BCUT2D eigenvalue weighted by Crippen LogP contribution is -2.35. The van der Waals surface area contributed by atoms with Gasteiger partial charge in [-0.1, -0.05) is 0 Å². The highest BCUT2D eigenvalue weighted by molar-refractivity contribution is 4.90. The van der Waals surface area contributed by atoms with Crippen molar-refractivity contribution in [2.75, 3.05) is 46.3 Å². The van der Waals surface area contributed by atoms with E-state index in [1.165, 1.54) is 26.1 Å². The molecule has 18 heavy (non-hydrogen) atoms. The normalized spacial score (nSPS) is 18.2. The van der Waals surface area contributed by atoms with Crippen LogP contribution in [0.4, 0.5) is 0 Å². The lowest BCUT2D eigenvalue weighted by atomic mass is 10.3. The molecule has 1 aromatic rings. The number of aromatic nitrogens is 2. The van der Waals surface area contributed by atoms with E-state index in [-0.39, 0.29) is 0 Å². The molecule has 102 valence electrons. The fourth-order valence-corrected chi connectivity index (χ4v) is 2.31. The van der Waals surface area contributed by atoms with E-state index in [0.29, 0.717) is 0 Å². The Morgan fingerprint density at radius 1 is 1.39 bits per heavy atom. The van der Waals surface area contributed by atoms with Gasteiger partial charge in [0.2, 0.25) is 0 Å². The monoisotopic (exact) mass is 251 g/mol. The van der Waals surface area contributed by atoms with Gasteiger partial charge in [0.05, 0.1) is 6.54 Å². The Labute approximate surface area is 110 Å². The Balaban J connectivity index is 1.70. The van der Waals surface area contributed by atoms with Crippen LogP contribution in [0.1, 0.15) is 12.2 Å². The van der Waals surface area contributed by atoms with Gasteiger partial charge < -0.3 is 14.8 Å². The summed E-state index contributed by atoms with van der Waals surface area (Å²) in [5.41, 5.74) is 0. The molecule has 1 aromatic heterocycles. The highest BCUT2D eigenvalue weighted by Gasteiger charge is 2.10. The Kier molecular flexibility index (Phi) is 5.16. The highest BCUT2D eigenvalue weighted by Crippen LogP contribution is 2.00. The molecule has 0 saturated carbocycles. The predicted octanol–water partition coefficient (Wildman–Crippen LogP) is 0.147. The van der Waals surface area contributed by atoms with Gasteiger partial charge >= 0.3 is 0 Å². The van der Waals surface area contributed by atoms with Gasteiger partial charge in [-0.05, 0) is 26.6 Å². The topological polar surface area (TPSA) is 36.3 Å². The van der Waals surface area contributed by atoms with Gasteiger partial charge in [-0.15, -0.1) is 0 Å². The van der Waals surface area contributed by atoms with E-state index in [2.05, 4.69) is 38.8 Å². The Bertz CT molecular complexity index is 341. The summed E-state index contributed by atoms with van der Waals surface area (Å²) in [6.07, 6.45) is 5.14. The number of aryl methyl sites for hydroxylation is 1. The number of nitrogens with one attached hydrogen (secondary N) is 1. The summed E-state index contributed by atoms with van der Waals surface area (Å²) in [5, 5.41) is 3.44. The molecule has 0 radical (unpaired) electrons. The summed E-state index contributed by atoms with van der Waals surface area (Å²) < 4.78 is 2.09. The average Bonchev–Trinajstić information content (AvgIpc) is 2.63. The molecule has 1 aliphatic heterocycles. The summed E-state index contributed by atoms with van der Waals surface area (Å²) in [6, 6.07) is 0. The van der Waals surface area contributed by atoms with Crippen molar-refractivity contribution in [1.82, 2.24) is 24.7 Å². The van der Waals surface area contributed by atoms with E-state index in [9.17, 15) is 0 Å². The predicted molar refractivity (Wildman–Crippen MR) is 73.5 cm³/mol. The number of nitrogens with zero attached hydrogens (tertiary/aromatic N) is 4. The first kappa shape index (κ1) is 13.5. The minimum absolute atomic E-state index is 0.926. The highest BCUT2D eigenvalue weighted by atomic mass is 15.2. The van der Waals surface area contributed by atoms with Crippen molar-refractivity contribution in [2.45, 2.75) is 13.0 Å². The minimum atomic E-state index is 0.926. The van der Waals surface area contributed by atoms with Crippen molar-refractivity contribution < 1.29 is 0 Å². The first-order chi connectivity index (χ1) is 8.75. The van der Waals surface area contributed by atoms with Gasteiger partial charge in [0, 0.05) is 45.6 Å². The van der Waals surface area contributed by atoms with Crippen molar-refractivity contribution >= 4 is 0 Å². The van der Waals surface area contributed by atoms with Crippen LogP contribution >= 0.6 is 0 Å². The molecule has 2 heterocycles. The number of likely N-dealkylation sites (N-methyl/N-ethyl adjacent to an activating group) is 1. The van der Waals surface area contributed by atoms with Gasteiger partial charge in [-0.3, -0.25) is 4.90 Å². The summed E-state index contributed by atoms with van der Waals surface area (Å²) in [7, 11) is 4.22. The lowest BCUT2D eigenvalue weighted by Gasteiger charge is -2.23. The summed E-state index contributed by atoms with van der Waals surface area (Å²) in [4.78, 5) is 9.26. The molecular weight excluding hydrogens is 226 g/mol. The lowest BCUT2D eigenvalue weighted by molar-refractivity contribution is 0.227. The third-order valence-corrected chi connectivity index (χ3v) is 3.56.